The zero-order valence-corrected chi connectivity index (χ0v) is 17.7. The highest BCUT2D eigenvalue weighted by Gasteiger charge is 2.20. The molecule has 7 heteroatoms. The fraction of sp³-hybridized carbons (Fsp3) is 0.238. The van der Waals surface area contributed by atoms with Crippen molar-refractivity contribution in [2.24, 2.45) is 0 Å². The number of hydrogen-bond acceptors (Lipinski definition) is 3. The molecule has 4 nitrogen and oxygen atoms in total. The van der Waals surface area contributed by atoms with Crippen molar-refractivity contribution in [1.82, 2.24) is 9.88 Å². The van der Waals surface area contributed by atoms with Gasteiger partial charge in [0.15, 0.2) is 11.7 Å². The number of nitrogens with zero attached hydrogens (tertiary/aromatic N) is 2. The summed E-state index contributed by atoms with van der Waals surface area (Å²) in [6.45, 7) is 1.92. The maximum atomic E-state index is 12.6. The minimum absolute atomic E-state index is 0.0315. The topological polar surface area (TPSA) is 46.3 Å². The first-order valence-corrected chi connectivity index (χ1v) is 9.90. The van der Waals surface area contributed by atoms with Crippen molar-refractivity contribution in [3.05, 3.63) is 75.2 Å². The second-order valence-electron chi connectivity index (χ2n) is 6.44. The molecule has 0 N–H and O–H groups in total. The number of aryl methyl sites for hydroxylation is 1. The molecule has 0 aliphatic rings. The van der Waals surface area contributed by atoms with Crippen molar-refractivity contribution in [1.29, 1.82) is 0 Å². The Balaban J connectivity index is 1.63. The Morgan fingerprint density at radius 2 is 1.89 bits per heavy atom. The molecule has 2 aromatic carbocycles. The number of halogens is 3. The first-order chi connectivity index (χ1) is 13.4. The molecule has 0 unspecified atom stereocenters. The molecule has 0 aliphatic carbocycles. The highest BCUT2D eigenvalue weighted by Crippen LogP contribution is 2.30. The molecule has 3 aromatic rings. The highest BCUT2D eigenvalue weighted by molar-refractivity contribution is 6.35. The van der Waals surface area contributed by atoms with Crippen LogP contribution in [0.5, 0.6) is 0 Å². The summed E-state index contributed by atoms with van der Waals surface area (Å²) in [6, 6.07) is 12.5. The molecule has 1 aromatic heterocycles. The van der Waals surface area contributed by atoms with Gasteiger partial charge in [-0.15, -0.1) is 0 Å². The average molecular weight is 438 g/mol. The van der Waals surface area contributed by atoms with Gasteiger partial charge in [0.1, 0.15) is 0 Å². The molecule has 3 rings (SSSR count). The summed E-state index contributed by atoms with van der Waals surface area (Å²) in [5.41, 5.74) is 1.62. The molecule has 0 bridgehead atoms. The number of carbonyl (C=O) groups excluding carboxylic acids is 1. The van der Waals surface area contributed by atoms with Gasteiger partial charge in [-0.25, -0.2) is 4.98 Å². The molecule has 0 aliphatic heterocycles. The van der Waals surface area contributed by atoms with Gasteiger partial charge >= 0.3 is 0 Å². The van der Waals surface area contributed by atoms with Gasteiger partial charge in [0, 0.05) is 35.5 Å². The average Bonchev–Trinajstić information content (AvgIpc) is 3.14. The van der Waals surface area contributed by atoms with Gasteiger partial charge in [-0.2, -0.15) is 0 Å². The van der Waals surface area contributed by atoms with E-state index in [-0.39, 0.29) is 18.4 Å². The Hall–Kier alpha value is -2.01. The normalized spacial score (nSPS) is 12.0. The van der Waals surface area contributed by atoms with Crippen LogP contribution in [0.15, 0.2) is 53.1 Å². The molecule has 1 heterocycles. The van der Waals surface area contributed by atoms with E-state index in [0.29, 0.717) is 33.1 Å². The largest absolute Gasteiger partial charge is 0.441 e. The van der Waals surface area contributed by atoms with Crippen molar-refractivity contribution >= 4 is 40.7 Å². The summed E-state index contributed by atoms with van der Waals surface area (Å²) in [7, 11) is 1.75. The Morgan fingerprint density at radius 1 is 1.14 bits per heavy atom. The van der Waals surface area contributed by atoms with Crippen LogP contribution in [0.1, 0.15) is 30.8 Å². The van der Waals surface area contributed by atoms with E-state index in [4.69, 9.17) is 39.2 Å². The Morgan fingerprint density at radius 3 is 2.61 bits per heavy atom. The van der Waals surface area contributed by atoms with Crippen LogP contribution in [0.4, 0.5) is 0 Å². The fourth-order valence-corrected chi connectivity index (χ4v) is 3.66. The molecule has 0 fully saturated rings. The lowest BCUT2D eigenvalue weighted by Gasteiger charge is -2.26. The highest BCUT2D eigenvalue weighted by atomic mass is 35.5. The third kappa shape index (κ3) is 4.69. The lowest BCUT2D eigenvalue weighted by Crippen LogP contribution is -2.30. The summed E-state index contributed by atoms with van der Waals surface area (Å²) in [5.74, 6) is 1.05. The number of oxazole rings is 1. The Kier molecular flexibility index (Phi) is 6.65. The number of benzene rings is 2. The van der Waals surface area contributed by atoms with Crippen LogP contribution < -0.4 is 0 Å². The van der Waals surface area contributed by atoms with E-state index < -0.39 is 0 Å². The SMILES string of the molecule is C[C@@H](c1ccc(Cl)cc1Cl)N(C)C(=O)CCc1ncc(-c2ccccc2Cl)o1. The van der Waals surface area contributed by atoms with E-state index >= 15 is 0 Å². The van der Waals surface area contributed by atoms with Crippen LogP contribution in [-0.4, -0.2) is 22.8 Å². The molecular weight excluding hydrogens is 419 g/mol. The Bertz CT molecular complexity index is 987. The van der Waals surface area contributed by atoms with Gasteiger partial charge in [0.2, 0.25) is 5.91 Å². The zero-order valence-electron chi connectivity index (χ0n) is 15.5. The van der Waals surface area contributed by atoms with Crippen LogP contribution in [0.2, 0.25) is 15.1 Å². The van der Waals surface area contributed by atoms with Gasteiger partial charge in [-0.3, -0.25) is 4.79 Å². The maximum absolute atomic E-state index is 12.6. The van der Waals surface area contributed by atoms with E-state index in [1.165, 1.54) is 0 Å². The van der Waals surface area contributed by atoms with E-state index in [9.17, 15) is 4.79 Å². The lowest BCUT2D eigenvalue weighted by atomic mass is 10.1. The van der Waals surface area contributed by atoms with Crippen molar-refractivity contribution in [2.75, 3.05) is 7.05 Å². The predicted molar refractivity (Wildman–Crippen MR) is 113 cm³/mol. The van der Waals surface area contributed by atoms with Gasteiger partial charge < -0.3 is 9.32 Å². The van der Waals surface area contributed by atoms with Crippen LogP contribution >= 0.6 is 34.8 Å². The van der Waals surface area contributed by atoms with Crippen LogP contribution in [0.25, 0.3) is 11.3 Å². The van der Waals surface area contributed by atoms with Crippen molar-refractivity contribution in [3.63, 3.8) is 0 Å². The molecule has 0 radical (unpaired) electrons. The monoisotopic (exact) mass is 436 g/mol. The van der Waals surface area contributed by atoms with Crippen LogP contribution in [-0.2, 0) is 11.2 Å². The van der Waals surface area contributed by atoms with E-state index in [1.807, 2.05) is 31.2 Å². The number of aromatic nitrogens is 1. The summed E-state index contributed by atoms with van der Waals surface area (Å²) < 4.78 is 5.76. The smallest absolute Gasteiger partial charge is 0.223 e. The minimum atomic E-state index is -0.180. The second kappa shape index (κ2) is 8.99. The maximum Gasteiger partial charge on any atom is 0.223 e. The van der Waals surface area contributed by atoms with E-state index in [1.54, 1.807) is 36.3 Å². The van der Waals surface area contributed by atoms with Crippen molar-refractivity contribution < 1.29 is 9.21 Å². The third-order valence-corrected chi connectivity index (χ3v) is 5.52. The van der Waals surface area contributed by atoms with Gasteiger partial charge in [-0.05, 0) is 36.8 Å². The van der Waals surface area contributed by atoms with Gasteiger partial charge in [0.05, 0.1) is 17.3 Å². The summed E-state index contributed by atoms with van der Waals surface area (Å²) >= 11 is 18.4. The lowest BCUT2D eigenvalue weighted by molar-refractivity contribution is -0.131. The molecular formula is C21H19Cl3N2O2. The molecule has 28 heavy (non-hydrogen) atoms. The zero-order chi connectivity index (χ0) is 20.3. The fourth-order valence-electron chi connectivity index (χ4n) is 2.87. The van der Waals surface area contributed by atoms with E-state index in [0.717, 1.165) is 11.1 Å². The summed E-state index contributed by atoms with van der Waals surface area (Å²) in [6.07, 6.45) is 2.30. The first kappa shape index (κ1) is 20.7. The standard InChI is InChI=1S/C21H19Cl3N2O2/c1-13(15-8-7-14(22)11-18(15)24)26(2)21(27)10-9-20-25-12-19(28-20)16-5-3-4-6-17(16)23/h3-8,11-13H,9-10H2,1-2H3/t13-/m0/s1. The molecule has 146 valence electrons. The first-order valence-electron chi connectivity index (χ1n) is 8.77. The van der Waals surface area contributed by atoms with Gasteiger partial charge in [-0.1, -0.05) is 53.0 Å². The second-order valence-corrected chi connectivity index (χ2v) is 7.70. The summed E-state index contributed by atoms with van der Waals surface area (Å²) in [5, 5.41) is 1.69. The number of amides is 1. The van der Waals surface area contributed by atoms with Crippen LogP contribution in [0, 0.1) is 0 Å². The molecule has 1 amide bonds. The molecule has 0 spiro atoms. The van der Waals surface area contributed by atoms with Crippen LogP contribution in [0.3, 0.4) is 0 Å². The van der Waals surface area contributed by atoms with E-state index in [2.05, 4.69) is 4.98 Å². The third-order valence-electron chi connectivity index (χ3n) is 4.63. The Labute approximate surface area is 179 Å². The number of hydrogen-bond donors (Lipinski definition) is 0. The minimum Gasteiger partial charge on any atom is -0.441 e. The van der Waals surface area contributed by atoms with Crippen molar-refractivity contribution in [3.8, 4) is 11.3 Å². The molecule has 0 saturated heterocycles. The number of carbonyl (C=O) groups is 1. The quantitative estimate of drug-likeness (QED) is 0.445. The molecule has 0 saturated carbocycles. The molecule has 1 atom stereocenters. The predicted octanol–water partition coefficient (Wildman–Crippen LogP) is 6.45. The van der Waals surface area contributed by atoms with Crippen molar-refractivity contribution in [2.45, 2.75) is 25.8 Å². The summed E-state index contributed by atoms with van der Waals surface area (Å²) in [4.78, 5) is 18.5. The van der Waals surface area contributed by atoms with Gasteiger partial charge in [0.25, 0.3) is 0 Å². The number of rotatable bonds is 6.